The summed E-state index contributed by atoms with van der Waals surface area (Å²) in [6, 6.07) is 10.1. The highest BCUT2D eigenvalue weighted by Crippen LogP contribution is 2.34. The summed E-state index contributed by atoms with van der Waals surface area (Å²) in [6.45, 7) is 13.9. The summed E-state index contributed by atoms with van der Waals surface area (Å²) >= 11 is 0. The standard InChI is InChI=1S/C30H37N5O3/c1-7-28(36)33(6)24-9-8-15-34(20-24)27-18-31-14-12-25(27)22-10-11-23(21(2)17-22)19-35(30(3,4)5)29(37)26-13-16-38-32-26/h7,10-14,16-18,24H,1,8-9,15,19-20H2,2-6H3. The molecule has 38 heavy (non-hydrogen) atoms. The number of anilines is 1. The van der Waals surface area contributed by atoms with E-state index in [1.54, 1.807) is 11.0 Å². The lowest BCUT2D eigenvalue weighted by molar-refractivity contribution is -0.126. The number of aromatic nitrogens is 2. The van der Waals surface area contributed by atoms with Gasteiger partial charge >= 0.3 is 0 Å². The summed E-state index contributed by atoms with van der Waals surface area (Å²) in [4.78, 5) is 35.7. The van der Waals surface area contributed by atoms with E-state index in [9.17, 15) is 9.59 Å². The van der Waals surface area contributed by atoms with E-state index in [0.717, 1.165) is 53.9 Å². The molecular formula is C30H37N5O3. The third kappa shape index (κ3) is 5.79. The number of nitrogens with zero attached hydrogens (tertiary/aromatic N) is 5. The molecule has 1 aromatic carbocycles. The predicted octanol–water partition coefficient (Wildman–Crippen LogP) is 5.10. The Morgan fingerprint density at radius 2 is 2.03 bits per heavy atom. The SMILES string of the molecule is C=CC(=O)N(C)C1CCCN(c2cnccc2-c2ccc(CN(C(=O)c3ccon3)C(C)(C)C)c(C)c2)C1. The first-order chi connectivity index (χ1) is 18.1. The van der Waals surface area contributed by atoms with Gasteiger partial charge in [0, 0.05) is 56.1 Å². The Labute approximate surface area is 224 Å². The Kier molecular flexibility index (Phi) is 7.99. The third-order valence-electron chi connectivity index (χ3n) is 7.30. The smallest absolute Gasteiger partial charge is 0.276 e. The number of carbonyl (C=O) groups is 2. The van der Waals surface area contributed by atoms with Crippen LogP contribution in [0.4, 0.5) is 5.69 Å². The molecule has 8 heteroatoms. The molecule has 1 aliphatic rings. The Morgan fingerprint density at radius 1 is 1.24 bits per heavy atom. The van der Waals surface area contributed by atoms with E-state index in [0.29, 0.717) is 12.2 Å². The van der Waals surface area contributed by atoms with Gasteiger partial charge in [-0.1, -0.05) is 29.9 Å². The average molecular weight is 516 g/mol. The molecule has 0 aliphatic carbocycles. The van der Waals surface area contributed by atoms with Crippen LogP contribution in [0.5, 0.6) is 0 Å². The maximum atomic E-state index is 13.2. The minimum Gasteiger partial charge on any atom is -0.368 e. The van der Waals surface area contributed by atoms with E-state index in [1.165, 1.54) is 12.3 Å². The van der Waals surface area contributed by atoms with Crippen LogP contribution in [0.3, 0.4) is 0 Å². The third-order valence-corrected chi connectivity index (χ3v) is 7.30. The molecule has 0 saturated carbocycles. The fraction of sp³-hybridized carbons (Fsp3) is 0.400. The minimum absolute atomic E-state index is 0.0548. The van der Waals surface area contributed by atoms with Crippen LogP contribution < -0.4 is 4.90 Å². The zero-order valence-corrected chi connectivity index (χ0v) is 23.0. The monoisotopic (exact) mass is 515 g/mol. The molecule has 1 atom stereocenters. The highest BCUT2D eigenvalue weighted by Gasteiger charge is 2.30. The second kappa shape index (κ2) is 11.2. The average Bonchev–Trinajstić information content (AvgIpc) is 3.46. The van der Waals surface area contributed by atoms with E-state index in [2.05, 4.69) is 46.7 Å². The van der Waals surface area contributed by atoms with Crippen molar-refractivity contribution >= 4 is 17.5 Å². The molecule has 3 heterocycles. The molecule has 4 rings (SSSR count). The Hall–Kier alpha value is -3.94. The Bertz CT molecular complexity index is 1300. The number of pyridine rings is 1. The van der Waals surface area contributed by atoms with Crippen molar-refractivity contribution in [3.63, 3.8) is 0 Å². The zero-order chi connectivity index (χ0) is 27.4. The van der Waals surface area contributed by atoms with Crippen LogP contribution in [0.2, 0.25) is 0 Å². The topological polar surface area (TPSA) is 82.8 Å². The highest BCUT2D eigenvalue weighted by molar-refractivity contribution is 5.92. The van der Waals surface area contributed by atoms with Crippen LogP contribution >= 0.6 is 0 Å². The molecule has 2 aromatic heterocycles. The number of likely N-dealkylation sites (N-methyl/N-ethyl adjacent to an activating group) is 1. The van der Waals surface area contributed by atoms with Crippen LogP contribution in [0, 0.1) is 6.92 Å². The van der Waals surface area contributed by atoms with Crippen molar-refractivity contribution in [3.8, 4) is 11.1 Å². The summed E-state index contributed by atoms with van der Waals surface area (Å²) in [5, 5.41) is 3.85. The van der Waals surface area contributed by atoms with Crippen molar-refractivity contribution in [2.75, 3.05) is 25.0 Å². The number of amides is 2. The van der Waals surface area contributed by atoms with Gasteiger partial charge in [0.1, 0.15) is 6.26 Å². The maximum Gasteiger partial charge on any atom is 0.276 e. The molecule has 2 amide bonds. The van der Waals surface area contributed by atoms with E-state index in [-0.39, 0.29) is 17.9 Å². The van der Waals surface area contributed by atoms with Gasteiger partial charge in [-0.15, -0.1) is 0 Å². The molecule has 1 aliphatic heterocycles. The number of hydrogen-bond acceptors (Lipinski definition) is 6. The molecule has 1 fully saturated rings. The molecule has 3 aromatic rings. The van der Waals surface area contributed by atoms with Crippen LogP contribution in [0.25, 0.3) is 11.1 Å². The van der Waals surface area contributed by atoms with E-state index >= 15 is 0 Å². The van der Waals surface area contributed by atoms with Gasteiger partial charge in [0.25, 0.3) is 5.91 Å². The quantitative estimate of drug-likeness (QED) is 0.407. The molecule has 1 saturated heterocycles. The Balaban J connectivity index is 1.59. The first-order valence-electron chi connectivity index (χ1n) is 13.0. The Morgan fingerprint density at radius 3 is 2.68 bits per heavy atom. The maximum absolute atomic E-state index is 13.2. The molecule has 1 unspecified atom stereocenters. The summed E-state index contributed by atoms with van der Waals surface area (Å²) in [5.74, 6) is -0.216. The normalized spacial score (nSPS) is 15.7. The molecule has 0 N–H and O–H groups in total. The minimum atomic E-state index is -0.398. The van der Waals surface area contributed by atoms with Crippen molar-refractivity contribution in [2.24, 2.45) is 0 Å². The molecule has 8 nitrogen and oxygen atoms in total. The first-order valence-corrected chi connectivity index (χ1v) is 13.0. The predicted molar refractivity (Wildman–Crippen MR) is 149 cm³/mol. The second-order valence-electron chi connectivity index (χ2n) is 10.9. The lowest BCUT2D eigenvalue weighted by Crippen LogP contribution is -2.48. The molecule has 200 valence electrons. The van der Waals surface area contributed by atoms with Gasteiger partial charge in [-0.3, -0.25) is 14.6 Å². The van der Waals surface area contributed by atoms with E-state index < -0.39 is 5.54 Å². The van der Waals surface area contributed by atoms with Crippen LogP contribution in [0.1, 0.15) is 55.2 Å². The lowest BCUT2D eigenvalue weighted by atomic mass is 9.96. The second-order valence-corrected chi connectivity index (χ2v) is 10.9. The van der Waals surface area contributed by atoms with Crippen LogP contribution in [-0.4, -0.2) is 63.5 Å². The highest BCUT2D eigenvalue weighted by atomic mass is 16.5. The van der Waals surface area contributed by atoms with Gasteiger partial charge in [0.05, 0.1) is 11.9 Å². The van der Waals surface area contributed by atoms with Crippen molar-refractivity contribution in [2.45, 2.75) is 58.7 Å². The van der Waals surface area contributed by atoms with Crippen LogP contribution in [0.15, 0.2) is 66.2 Å². The van der Waals surface area contributed by atoms with Gasteiger partial charge in [0.15, 0.2) is 5.69 Å². The fourth-order valence-electron chi connectivity index (χ4n) is 4.98. The number of aryl methyl sites for hydroxylation is 1. The molecule has 0 spiro atoms. The fourth-order valence-corrected chi connectivity index (χ4v) is 4.98. The van der Waals surface area contributed by atoms with Gasteiger partial charge in [0.2, 0.25) is 5.91 Å². The number of carbonyl (C=O) groups excluding carboxylic acids is 2. The van der Waals surface area contributed by atoms with Gasteiger partial charge < -0.3 is 19.2 Å². The summed E-state index contributed by atoms with van der Waals surface area (Å²) in [5.41, 5.74) is 5.31. The summed E-state index contributed by atoms with van der Waals surface area (Å²) < 4.78 is 4.91. The number of piperidine rings is 1. The number of hydrogen-bond donors (Lipinski definition) is 0. The van der Waals surface area contributed by atoms with Crippen molar-refractivity contribution < 1.29 is 14.1 Å². The number of rotatable bonds is 7. The van der Waals surface area contributed by atoms with E-state index in [4.69, 9.17) is 4.52 Å². The van der Waals surface area contributed by atoms with Gasteiger partial charge in [-0.25, -0.2) is 0 Å². The first kappa shape index (κ1) is 27.1. The zero-order valence-electron chi connectivity index (χ0n) is 23.0. The van der Waals surface area contributed by atoms with E-state index in [1.807, 2.05) is 51.2 Å². The largest absolute Gasteiger partial charge is 0.368 e. The number of benzene rings is 1. The van der Waals surface area contributed by atoms with Crippen molar-refractivity contribution in [3.05, 3.63) is 78.5 Å². The van der Waals surface area contributed by atoms with Crippen molar-refractivity contribution in [1.82, 2.24) is 19.9 Å². The molecular weight excluding hydrogens is 478 g/mol. The van der Waals surface area contributed by atoms with Gasteiger partial charge in [-0.05, 0) is 69.4 Å². The van der Waals surface area contributed by atoms with Crippen LogP contribution in [-0.2, 0) is 11.3 Å². The lowest BCUT2D eigenvalue weighted by Gasteiger charge is -2.39. The molecule has 0 bridgehead atoms. The molecule has 0 radical (unpaired) electrons. The summed E-state index contributed by atoms with van der Waals surface area (Å²) in [6.07, 6.45) is 8.48. The summed E-state index contributed by atoms with van der Waals surface area (Å²) in [7, 11) is 1.85. The van der Waals surface area contributed by atoms with Crippen molar-refractivity contribution in [1.29, 1.82) is 0 Å². The van der Waals surface area contributed by atoms with Gasteiger partial charge in [-0.2, -0.15) is 0 Å².